The molecule has 0 radical (unpaired) electrons. The molecule has 14 heavy (non-hydrogen) atoms. The van der Waals surface area contributed by atoms with Crippen LogP contribution in [-0.2, 0) is 5.41 Å². The van der Waals surface area contributed by atoms with E-state index in [4.69, 9.17) is 5.73 Å². The molecule has 2 nitrogen and oxygen atoms in total. The van der Waals surface area contributed by atoms with Gasteiger partial charge in [-0.05, 0) is 30.5 Å². The van der Waals surface area contributed by atoms with Gasteiger partial charge in [0.25, 0.3) is 0 Å². The van der Waals surface area contributed by atoms with Gasteiger partial charge >= 0.3 is 0 Å². The van der Waals surface area contributed by atoms with Gasteiger partial charge in [-0.1, -0.05) is 35.8 Å². The second kappa shape index (κ2) is 4.32. The number of rotatable bonds is 3. The largest absolute Gasteiger partial charge is 0.508 e. The van der Waals surface area contributed by atoms with Crippen LogP contribution in [0.3, 0.4) is 0 Å². The van der Waals surface area contributed by atoms with Gasteiger partial charge in [0.2, 0.25) is 0 Å². The highest BCUT2D eigenvalue weighted by Gasteiger charge is 2.25. The van der Waals surface area contributed by atoms with Crippen molar-refractivity contribution in [2.24, 2.45) is 5.73 Å². The molecule has 0 unspecified atom stereocenters. The Balaban J connectivity index is 3.17. The maximum atomic E-state index is 9.78. The predicted molar refractivity (Wildman–Crippen MR) is 62.5 cm³/mol. The fourth-order valence-corrected chi connectivity index (χ4v) is 2.56. The zero-order valence-electron chi connectivity index (χ0n) is 8.55. The minimum atomic E-state index is -0.0983. The zero-order chi connectivity index (χ0) is 10.8. The van der Waals surface area contributed by atoms with Gasteiger partial charge in [-0.25, -0.2) is 0 Å². The number of halogens is 1. The molecule has 0 aliphatic rings. The quantitative estimate of drug-likeness (QED) is 0.875. The molecular weight excluding hydrogens is 242 g/mol. The highest BCUT2D eigenvalue weighted by molar-refractivity contribution is 9.10. The van der Waals surface area contributed by atoms with Crippen LogP contribution >= 0.6 is 15.9 Å². The first-order chi connectivity index (χ1) is 6.49. The summed E-state index contributed by atoms with van der Waals surface area (Å²) in [5, 5.41) is 9.78. The predicted octanol–water partition coefficient (Wildman–Crippen LogP) is 2.78. The summed E-state index contributed by atoms with van der Waals surface area (Å²) >= 11 is 3.45. The summed E-state index contributed by atoms with van der Waals surface area (Å²) in [7, 11) is 0. The second-order valence-electron chi connectivity index (χ2n) is 4.06. The molecular formula is C11H16BrNO. The Labute approximate surface area is 93.3 Å². The van der Waals surface area contributed by atoms with Crippen molar-refractivity contribution >= 4 is 15.9 Å². The van der Waals surface area contributed by atoms with Gasteiger partial charge in [0.1, 0.15) is 5.75 Å². The van der Waals surface area contributed by atoms with E-state index in [-0.39, 0.29) is 5.41 Å². The lowest BCUT2D eigenvalue weighted by Crippen LogP contribution is -2.22. The molecule has 0 aliphatic heterocycles. The normalized spacial score (nSPS) is 11.7. The number of phenolic OH excluding ortho intramolecular Hbond substituents is 1. The smallest absolute Gasteiger partial charge is 0.120 e. The van der Waals surface area contributed by atoms with Gasteiger partial charge in [-0.15, -0.1) is 0 Å². The summed E-state index contributed by atoms with van der Waals surface area (Å²) in [6, 6.07) is 5.47. The number of nitrogens with two attached hydrogens (primary N) is 1. The lowest BCUT2D eigenvalue weighted by molar-refractivity contribution is 0.421. The van der Waals surface area contributed by atoms with E-state index in [1.807, 2.05) is 12.1 Å². The third kappa shape index (κ3) is 2.28. The Bertz CT molecular complexity index is 303. The maximum Gasteiger partial charge on any atom is 0.120 e. The molecule has 3 heteroatoms. The molecule has 0 aliphatic carbocycles. The maximum absolute atomic E-state index is 9.78. The molecule has 0 bridgehead atoms. The number of hydrogen-bond acceptors (Lipinski definition) is 2. The Hall–Kier alpha value is -0.540. The molecule has 1 rings (SSSR count). The molecule has 0 amide bonds. The Morgan fingerprint density at radius 3 is 2.57 bits per heavy atom. The van der Waals surface area contributed by atoms with Crippen LogP contribution in [0.1, 0.15) is 25.8 Å². The van der Waals surface area contributed by atoms with Crippen LogP contribution in [0.25, 0.3) is 0 Å². The van der Waals surface area contributed by atoms with Crippen molar-refractivity contribution < 1.29 is 5.11 Å². The van der Waals surface area contributed by atoms with Crippen LogP contribution in [0.2, 0.25) is 0 Å². The first-order valence-corrected chi connectivity index (χ1v) is 5.46. The molecule has 1 aromatic rings. The Kier molecular flexibility index (Phi) is 3.56. The zero-order valence-corrected chi connectivity index (χ0v) is 10.1. The van der Waals surface area contributed by atoms with Crippen molar-refractivity contribution in [2.45, 2.75) is 25.7 Å². The molecule has 3 N–H and O–H groups in total. The molecule has 1 aromatic carbocycles. The summed E-state index contributed by atoms with van der Waals surface area (Å²) in [6.07, 6.45) is 0.850. The van der Waals surface area contributed by atoms with Crippen molar-refractivity contribution in [3.05, 3.63) is 28.2 Å². The third-order valence-corrected chi connectivity index (χ3v) is 3.10. The van der Waals surface area contributed by atoms with Crippen LogP contribution in [0.4, 0.5) is 0 Å². The molecule has 0 fully saturated rings. The first kappa shape index (κ1) is 11.5. The van der Waals surface area contributed by atoms with Gasteiger partial charge < -0.3 is 10.8 Å². The van der Waals surface area contributed by atoms with Crippen molar-refractivity contribution in [2.75, 3.05) is 6.54 Å². The number of phenols is 1. The summed E-state index contributed by atoms with van der Waals surface area (Å²) in [6.45, 7) is 4.78. The van der Waals surface area contributed by atoms with Crippen LogP contribution in [-0.4, -0.2) is 11.7 Å². The van der Waals surface area contributed by atoms with E-state index in [9.17, 15) is 5.11 Å². The standard InChI is InChI=1S/C11H16BrNO/c1-11(2,6-7-13)10-8(12)4-3-5-9(10)14/h3-5,14H,6-7,13H2,1-2H3. The van der Waals surface area contributed by atoms with Crippen molar-refractivity contribution in [1.82, 2.24) is 0 Å². The Morgan fingerprint density at radius 1 is 1.43 bits per heavy atom. The van der Waals surface area contributed by atoms with Crippen LogP contribution in [0.5, 0.6) is 5.75 Å². The van der Waals surface area contributed by atoms with Gasteiger partial charge in [0.15, 0.2) is 0 Å². The van der Waals surface area contributed by atoms with Crippen LogP contribution in [0, 0.1) is 0 Å². The lowest BCUT2D eigenvalue weighted by atomic mass is 9.81. The molecule has 0 aromatic heterocycles. The van der Waals surface area contributed by atoms with Crippen molar-refractivity contribution in [3.63, 3.8) is 0 Å². The molecule has 0 heterocycles. The average molecular weight is 258 g/mol. The number of benzene rings is 1. The van der Waals surface area contributed by atoms with E-state index in [1.165, 1.54) is 0 Å². The molecule has 0 saturated carbocycles. The van der Waals surface area contributed by atoms with Crippen LogP contribution in [0.15, 0.2) is 22.7 Å². The monoisotopic (exact) mass is 257 g/mol. The first-order valence-electron chi connectivity index (χ1n) is 4.67. The van der Waals surface area contributed by atoms with Gasteiger partial charge in [-0.3, -0.25) is 0 Å². The molecule has 0 atom stereocenters. The van der Waals surface area contributed by atoms with E-state index >= 15 is 0 Å². The minimum absolute atomic E-state index is 0.0983. The molecule has 0 spiro atoms. The van der Waals surface area contributed by atoms with E-state index in [1.54, 1.807) is 6.07 Å². The summed E-state index contributed by atoms with van der Waals surface area (Å²) in [4.78, 5) is 0. The number of hydrogen-bond donors (Lipinski definition) is 2. The SMILES string of the molecule is CC(C)(CCN)c1c(O)cccc1Br. The number of aromatic hydroxyl groups is 1. The van der Waals surface area contributed by atoms with E-state index in [0.717, 1.165) is 16.5 Å². The third-order valence-electron chi connectivity index (χ3n) is 2.44. The van der Waals surface area contributed by atoms with E-state index < -0.39 is 0 Å². The van der Waals surface area contributed by atoms with E-state index in [2.05, 4.69) is 29.8 Å². The fourth-order valence-electron chi connectivity index (χ4n) is 1.67. The molecule has 78 valence electrons. The summed E-state index contributed by atoms with van der Waals surface area (Å²) < 4.78 is 0.941. The van der Waals surface area contributed by atoms with E-state index in [0.29, 0.717) is 12.3 Å². The molecule has 0 saturated heterocycles. The van der Waals surface area contributed by atoms with Crippen molar-refractivity contribution in [3.8, 4) is 5.75 Å². The summed E-state index contributed by atoms with van der Waals surface area (Å²) in [5.41, 5.74) is 6.39. The van der Waals surface area contributed by atoms with Gasteiger partial charge in [0, 0.05) is 10.0 Å². The van der Waals surface area contributed by atoms with Crippen molar-refractivity contribution in [1.29, 1.82) is 0 Å². The van der Waals surface area contributed by atoms with Gasteiger partial charge in [0.05, 0.1) is 0 Å². The summed E-state index contributed by atoms with van der Waals surface area (Å²) in [5.74, 6) is 0.331. The second-order valence-corrected chi connectivity index (χ2v) is 4.91. The average Bonchev–Trinajstić information content (AvgIpc) is 2.02. The minimum Gasteiger partial charge on any atom is -0.508 e. The van der Waals surface area contributed by atoms with Gasteiger partial charge in [-0.2, -0.15) is 0 Å². The fraction of sp³-hybridized carbons (Fsp3) is 0.455. The topological polar surface area (TPSA) is 46.2 Å². The van der Waals surface area contributed by atoms with Crippen LogP contribution < -0.4 is 5.73 Å². The highest BCUT2D eigenvalue weighted by Crippen LogP contribution is 2.38. The Morgan fingerprint density at radius 2 is 2.07 bits per heavy atom. The highest BCUT2D eigenvalue weighted by atomic mass is 79.9. The lowest BCUT2D eigenvalue weighted by Gasteiger charge is -2.26.